The van der Waals surface area contributed by atoms with Crippen LogP contribution >= 0.6 is 0 Å². The van der Waals surface area contributed by atoms with Gasteiger partial charge in [-0.25, -0.2) is 0 Å². The molecule has 3 heteroatoms. The van der Waals surface area contributed by atoms with Crippen LogP contribution in [0.4, 0.5) is 0 Å². The van der Waals surface area contributed by atoms with Crippen molar-refractivity contribution < 1.29 is 10.2 Å². The van der Waals surface area contributed by atoms with E-state index in [-0.39, 0.29) is 12.9 Å². The van der Waals surface area contributed by atoms with Gasteiger partial charge in [0.15, 0.2) is 0 Å². The van der Waals surface area contributed by atoms with Gasteiger partial charge >= 0.3 is 0 Å². The van der Waals surface area contributed by atoms with Crippen molar-refractivity contribution in [3.05, 3.63) is 0 Å². The third kappa shape index (κ3) is 11.9. The topological polar surface area (TPSA) is 44.0 Å². The minimum Gasteiger partial charge on any atom is -0.412 e. The lowest BCUT2D eigenvalue weighted by Gasteiger charge is -2.26. The highest BCUT2D eigenvalue weighted by Crippen LogP contribution is 2.13. The molecule has 1 aliphatic heterocycles. The molecule has 1 aliphatic rings. The average Bonchev–Trinajstić information content (AvgIpc) is 2.11. The highest BCUT2D eigenvalue weighted by atomic mass is 16.5. The molecule has 0 bridgehead atoms. The summed E-state index contributed by atoms with van der Waals surface area (Å²) in [6.45, 7) is 7.73. The first-order valence-corrected chi connectivity index (χ1v) is 4.88. The van der Waals surface area contributed by atoms with Gasteiger partial charge in [-0.2, -0.15) is 0 Å². The monoisotopic (exact) mass is 207 g/mol. The van der Waals surface area contributed by atoms with Gasteiger partial charge in [0.2, 0.25) is 0 Å². The van der Waals surface area contributed by atoms with Crippen molar-refractivity contribution in [2.24, 2.45) is 5.92 Å². The second kappa shape index (κ2) is 12.9. The van der Waals surface area contributed by atoms with Gasteiger partial charge in [0, 0.05) is 13.7 Å². The fourth-order valence-corrected chi connectivity index (χ4v) is 1.14. The predicted molar refractivity (Wildman–Crippen MR) is 63.8 cm³/mol. The number of hydrogen-bond donors (Lipinski definition) is 0. The van der Waals surface area contributed by atoms with E-state index in [1.54, 1.807) is 7.11 Å². The van der Waals surface area contributed by atoms with Gasteiger partial charge in [0.25, 0.3) is 0 Å². The number of likely N-dealkylation sites (tertiary alicyclic amines) is 1. The summed E-state index contributed by atoms with van der Waals surface area (Å²) in [5.41, 5.74) is 0. The Kier molecular flexibility index (Phi) is 17.9. The molecule has 3 nitrogen and oxygen atoms in total. The van der Waals surface area contributed by atoms with Crippen molar-refractivity contribution in [2.45, 2.75) is 34.1 Å². The quantitative estimate of drug-likeness (QED) is 0.658. The average molecular weight is 207 g/mol. The number of rotatable bonds is 1. The molecule has 14 heavy (non-hydrogen) atoms. The lowest BCUT2D eigenvalue weighted by molar-refractivity contribution is 0.215. The molecule has 0 aromatic carbocycles. The Bertz CT molecular complexity index is 79.3. The first-order valence-electron chi connectivity index (χ1n) is 4.88. The maximum atomic E-state index is 4.54. The molecule has 0 unspecified atom stereocenters. The van der Waals surface area contributed by atoms with Crippen LogP contribution in [0, 0.1) is 5.92 Å². The van der Waals surface area contributed by atoms with Gasteiger partial charge < -0.3 is 15.1 Å². The number of piperidine rings is 1. The third-order valence-electron chi connectivity index (χ3n) is 2.30. The third-order valence-corrected chi connectivity index (χ3v) is 2.30. The second-order valence-electron chi connectivity index (χ2n) is 3.56. The van der Waals surface area contributed by atoms with Crippen molar-refractivity contribution in [3.8, 4) is 0 Å². The molecule has 0 aromatic heterocycles. The zero-order chi connectivity index (χ0) is 9.40. The number of ether oxygens (including phenoxy) is 1. The van der Waals surface area contributed by atoms with Crippen LogP contribution in [0.15, 0.2) is 0 Å². The van der Waals surface area contributed by atoms with Gasteiger partial charge in [-0.1, -0.05) is 14.4 Å². The van der Waals surface area contributed by atoms with E-state index >= 15 is 0 Å². The summed E-state index contributed by atoms with van der Waals surface area (Å²) in [6, 6.07) is 0. The van der Waals surface area contributed by atoms with Crippen LogP contribution < -0.4 is 0 Å². The predicted octanol–water partition coefficient (Wildman–Crippen LogP) is 1.81. The van der Waals surface area contributed by atoms with E-state index in [1.165, 1.54) is 25.9 Å². The molecule has 2 N–H and O–H groups in total. The smallest absolute Gasteiger partial charge is 0.0433 e. The Labute approximate surface area is 89.7 Å². The van der Waals surface area contributed by atoms with E-state index in [1.807, 2.05) is 6.92 Å². The molecular formula is C11H29NO2. The Balaban J connectivity index is -0.000000180. The molecule has 0 spiro atoms. The number of hydrogen-bond acceptors (Lipinski definition) is 2. The van der Waals surface area contributed by atoms with Gasteiger partial charge in [-0.3, -0.25) is 0 Å². The van der Waals surface area contributed by atoms with Crippen LogP contribution in [0.1, 0.15) is 34.1 Å². The molecule has 0 aromatic rings. The summed E-state index contributed by atoms with van der Waals surface area (Å²) in [4.78, 5) is 2.40. The summed E-state index contributed by atoms with van der Waals surface area (Å²) in [7, 11) is 3.88. The molecule has 0 radical (unpaired) electrons. The minimum absolute atomic E-state index is 0. The molecule has 0 atom stereocenters. The molecular weight excluding hydrogens is 178 g/mol. The van der Waals surface area contributed by atoms with Gasteiger partial charge in [0.05, 0.1) is 0 Å². The van der Waals surface area contributed by atoms with Crippen LogP contribution in [0.5, 0.6) is 0 Å². The summed E-state index contributed by atoms with van der Waals surface area (Å²) < 4.78 is 4.54. The van der Waals surface area contributed by atoms with Crippen LogP contribution in [-0.4, -0.2) is 44.2 Å². The van der Waals surface area contributed by atoms with Crippen molar-refractivity contribution in [2.75, 3.05) is 33.9 Å². The molecule has 1 rings (SSSR count). The van der Waals surface area contributed by atoms with E-state index in [0.717, 1.165) is 12.5 Å². The molecule has 0 amide bonds. The molecule has 1 saturated heterocycles. The standard InChI is InChI=1S/C7H15N.C3H8O.CH4.H2O/c1-7-3-5-8(2)6-4-7;1-3-4-2;;/h7H,3-6H2,1-2H3;3H2,1-2H3;1H4;1H2. The largest absolute Gasteiger partial charge is 0.412 e. The van der Waals surface area contributed by atoms with Crippen molar-refractivity contribution in [1.82, 2.24) is 4.90 Å². The molecule has 1 fully saturated rings. The summed E-state index contributed by atoms with van der Waals surface area (Å²) >= 11 is 0. The fraction of sp³-hybridized carbons (Fsp3) is 1.00. The molecule has 0 saturated carbocycles. The zero-order valence-electron chi connectivity index (χ0n) is 9.47. The van der Waals surface area contributed by atoms with E-state index in [9.17, 15) is 0 Å². The fourth-order valence-electron chi connectivity index (χ4n) is 1.14. The van der Waals surface area contributed by atoms with Crippen molar-refractivity contribution in [3.63, 3.8) is 0 Å². The van der Waals surface area contributed by atoms with E-state index in [2.05, 4.69) is 23.6 Å². The van der Waals surface area contributed by atoms with Crippen LogP contribution in [0.3, 0.4) is 0 Å². The van der Waals surface area contributed by atoms with Crippen LogP contribution in [0.2, 0.25) is 0 Å². The highest BCUT2D eigenvalue weighted by Gasteiger charge is 2.10. The molecule has 1 heterocycles. The van der Waals surface area contributed by atoms with Gasteiger partial charge in [-0.05, 0) is 45.8 Å². The van der Waals surface area contributed by atoms with Gasteiger partial charge in [0.1, 0.15) is 0 Å². The van der Waals surface area contributed by atoms with Crippen molar-refractivity contribution in [1.29, 1.82) is 0 Å². The number of nitrogens with zero attached hydrogens (tertiary/aromatic N) is 1. The highest BCUT2D eigenvalue weighted by molar-refractivity contribution is 4.65. The van der Waals surface area contributed by atoms with E-state index < -0.39 is 0 Å². The lowest BCUT2D eigenvalue weighted by Crippen LogP contribution is -2.28. The van der Waals surface area contributed by atoms with E-state index in [0.29, 0.717) is 0 Å². The summed E-state index contributed by atoms with van der Waals surface area (Å²) in [5, 5.41) is 0. The summed E-state index contributed by atoms with van der Waals surface area (Å²) in [5.74, 6) is 0.978. The second-order valence-corrected chi connectivity index (χ2v) is 3.56. The summed E-state index contributed by atoms with van der Waals surface area (Å²) in [6.07, 6.45) is 2.80. The Morgan fingerprint density at radius 3 is 1.86 bits per heavy atom. The Morgan fingerprint density at radius 1 is 1.29 bits per heavy atom. The maximum absolute atomic E-state index is 4.54. The van der Waals surface area contributed by atoms with Crippen LogP contribution in [0.25, 0.3) is 0 Å². The maximum Gasteiger partial charge on any atom is 0.0433 e. The molecule has 90 valence electrons. The lowest BCUT2D eigenvalue weighted by atomic mass is 10.00. The Morgan fingerprint density at radius 2 is 1.64 bits per heavy atom. The normalized spacial score (nSPS) is 17.1. The Hall–Kier alpha value is -0.120. The minimum atomic E-state index is 0. The SMILES string of the molecule is C.CC1CCN(C)CC1.CCOC.O. The molecule has 0 aliphatic carbocycles. The first-order chi connectivity index (χ1) is 5.70. The van der Waals surface area contributed by atoms with Gasteiger partial charge in [-0.15, -0.1) is 0 Å². The zero-order valence-corrected chi connectivity index (χ0v) is 9.47. The first kappa shape index (κ1) is 19.5. The van der Waals surface area contributed by atoms with E-state index in [4.69, 9.17) is 0 Å². The van der Waals surface area contributed by atoms with Crippen molar-refractivity contribution >= 4 is 0 Å². The van der Waals surface area contributed by atoms with Crippen LogP contribution in [-0.2, 0) is 4.74 Å². The number of methoxy groups -OCH3 is 1.